The lowest BCUT2D eigenvalue weighted by atomic mass is 10.2. The maximum Gasteiger partial charge on any atom is 0.164 e. The largest absolute Gasteiger partial charge is 0.278 e. The van der Waals surface area contributed by atoms with Crippen LogP contribution >= 0.6 is 27.5 Å². The van der Waals surface area contributed by atoms with E-state index in [0.717, 1.165) is 6.07 Å². The molecule has 0 N–H and O–H groups in total. The van der Waals surface area contributed by atoms with Crippen LogP contribution in [-0.2, 0) is 6.42 Å². The Balaban J connectivity index is 2.32. The zero-order valence-electron chi connectivity index (χ0n) is 10.7. The summed E-state index contributed by atoms with van der Waals surface area (Å²) >= 11 is 8.85. The molecule has 0 aliphatic heterocycles. The molecule has 0 saturated heterocycles. The van der Waals surface area contributed by atoms with Gasteiger partial charge in [0.15, 0.2) is 5.65 Å². The third-order valence-corrected chi connectivity index (χ3v) is 3.83. The second kappa shape index (κ2) is 5.69. The molecule has 7 heteroatoms. The van der Waals surface area contributed by atoms with Crippen molar-refractivity contribution in [3.05, 3.63) is 52.4 Å². The quantitative estimate of drug-likeness (QED) is 0.508. The summed E-state index contributed by atoms with van der Waals surface area (Å²) in [6.07, 6.45) is 2.05. The molecule has 108 valence electrons. The van der Waals surface area contributed by atoms with Crippen molar-refractivity contribution >= 4 is 38.7 Å². The number of hydrogen-bond donors (Lipinski definition) is 0. The van der Waals surface area contributed by atoms with E-state index in [1.54, 1.807) is 22.9 Å². The number of halogens is 4. The summed E-state index contributed by atoms with van der Waals surface area (Å²) in [6, 6.07) is 5.74. The Morgan fingerprint density at radius 1 is 1.24 bits per heavy atom. The lowest BCUT2D eigenvalue weighted by molar-refractivity contribution is 0.573. The normalized spacial score (nSPS) is 11.2. The number of hydrogen-bond acceptors (Lipinski definition) is 2. The molecule has 0 bridgehead atoms. The lowest BCUT2D eigenvalue weighted by Gasteiger charge is -2.10. The standard InChI is InChI=1S/C14H9BrClF2N3/c15-8-6-12(10(18)7-9(8)17)21-13(3-4-16)20-11-2-1-5-19-14(11)21/h1-2,5-7H,3-4H2. The van der Waals surface area contributed by atoms with E-state index in [9.17, 15) is 8.78 Å². The number of benzene rings is 1. The molecule has 0 fully saturated rings. The Bertz CT molecular complexity index is 819. The van der Waals surface area contributed by atoms with Gasteiger partial charge in [-0.2, -0.15) is 0 Å². The average Bonchev–Trinajstić information content (AvgIpc) is 2.81. The first kappa shape index (κ1) is 14.4. The van der Waals surface area contributed by atoms with Gasteiger partial charge in [-0.1, -0.05) is 0 Å². The van der Waals surface area contributed by atoms with E-state index >= 15 is 0 Å². The number of rotatable bonds is 3. The number of imidazole rings is 1. The van der Waals surface area contributed by atoms with Gasteiger partial charge in [0.25, 0.3) is 0 Å². The average molecular weight is 373 g/mol. The molecule has 3 nitrogen and oxygen atoms in total. The second-order valence-electron chi connectivity index (χ2n) is 4.37. The molecule has 2 heterocycles. The van der Waals surface area contributed by atoms with Crippen molar-refractivity contribution < 1.29 is 8.78 Å². The summed E-state index contributed by atoms with van der Waals surface area (Å²) < 4.78 is 29.3. The molecule has 0 spiro atoms. The summed E-state index contributed by atoms with van der Waals surface area (Å²) in [7, 11) is 0. The van der Waals surface area contributed by atoms with Crippen molar-refractivity contribution in [1.82, 2.24) is 14.5 Å². The topological polar surface area (TPSA) is 30.7 Å². The molecular formula is C14H9BrClF2N3. The van der Waals surface area contributed by atoms with Crippen molar-refractivity contribution in [2.45, 2.75) is 6.42 Å². The van der Waals surface area contributed by atoms with Gasteiger partial charge >= 0.3 is 0 Å². The van der Waals surface area contributed by atoms with Crippen LogP contribution in [0.2, 0.25) is 0 Å². The molecule has 2 aromatic heterocycles. The van der Waals surface area contributed by atoms with E-state index < -0.39 is 11.6 Å². The number of fused-ring (bicyclic) bond motifs is 1. The highest BCUT2D eigenvalue weighted by atomic mass is 79.9. The van der Waals surface area contributed by atoms with Gasteiger partial charge in [0, 0.05) is 24.6 Å². The van der Waals surface area contributed by atoms with Crippen molar-refractivity contribution in [2.75, 3.05) is 5.88 Å². The van der Waals surface area contributed by atoms with Crippen molar-refractivity contribution in [1.29, 1.82) is 0 Å². The fraction of sp³-hybridized carbons (Fsp3) is 0.143. The summed E-state index contributed by atoms with van der Waals surface area (Å²) in [6.45, 7) is 0. The zero-order chi connectivity index (χ0) is 15.0. The summed E-state index contributed by atoms with van der Waals surface area (Å²) in [5.74, 6) is -0.423. The highest BCUT2D eigenvalue weighted by Crippen LogP contribution is 2.27. The fourth-order valence-electron chi connectivity index (χ4n) is 2.15. The van der Waals surface area contributed by atoms with Gasteiger partial charge in [-0.15, -0.1) is 11.6 Å². The third-order valence-electron chi connectivity index (χ3n) is 3.03. The second-order valence-corrected chi connectivity index (χ2v) is 5.60. The van der Waals surface area contributed by atoms with Crippen LogP contribution in [0.1, 0.15) is 5.82 Å². The first-order chi connectivity index (χ1) is 10.1. The van der Waals surface area contributed by atoms with Crippen LogP contribution in [-0.4, -0.2) is 20.4 Å². The third kappa shape index (κ3) is 2.53. The zero-order valence-corrected chi connectivity index (χ0v) is 13.0. The van der Waals surface area contributed by atoms with Crippen molar-refractivity contribution in [3.63, 3.8) is 0 Å². The predicted octanol–water partition coefficient (Wildman–Crippen LogP) is 4.24. The molecule has 0 atom stereocenters. The molecule has 0 unspecified atom stereocenters. The SMILES string of the molecule is Fc1cc(F)c(-n2c(CCCl)nc3cccnc32)cc1Br. The molecule has 0 aliphatic rings. The van der Waals surface area contributed by atoms with Crippen LogP contribution in [0.3, 0.4) is 0 Å². The minimum atomic E-state index is -0.684. The number of aromatic nitrogens is 3. The Morgan fingerprint density at radius 3 is 2.81 bits per heavy atom. The molecule has 21 heavy (non-hydrogen) atoms. The van der Waals surface area contributed by atoms with Crippen LogP contribution in [0, 0.1) is 11.6 Å². The molecule has 3 aromatic rings. The Morgan fingerprint density at radius 2 is 2.05 bits per heavy atom. The highest BCUT2D eigenvalue weighted by molar-refractivity contribution is 9.10. The summed E-state index contributed by atoms with van der Waals surface area (Å²) in [5, 5.41) is 0. The van der Waals surface area contributed by atoms with E-state index in [1.165, 1.54) is 6.07 Å². The van der Waals surface area contributed by atoms with Gasteiger partial charge in [0.2, 0.25) is 0 Å². The maximum absolute atomic E-state index is 14.2. The number of pyridine rings is 1. The van der Waals surface area contributed by atoms with E-state index in [1.807, 2.05) is 0 Å². The Labute approximate surface area is 132 Å². The number of nitrogens with zero attached hydrogens (tertiary/aromatic N) is 3. The van der Waals surface area contributed by atoms with Crippen molar-refractivity contribution in [2.24, 2.45) is 0 Å². The molecular weight excluding hydrogens is 364 g/mol. The molecule has 0 amide bonds. The molecule has 0 saturated carbocycles. The lowest BCUT2D eigenvalue weighted by Crippen LogP contribution is -2.06. The van der Waals surface area contributed by atoms with Gasteiger partial charge in [-0.3, -0.25) is 4.57 Å². The first-order valence-electron chi connectivity index (χ1n) is 6.15. The van der Waals surface area contributed by atoms with Crippen LogP contribution in [0.15, 0.2) is 34.9 Å². The summed E-state index contributed by atoms with van der Waals surface area (Å²) in [4.78, 5) is 8.65. The van der Waals surface area contributed by atoms with Crippen LogP contribution in [0.5, 0.6) is 0 Å². The smallest absolute Gasteiger partial charge is 0.164 e. The Kier molecular flexibility index (Phi) is 3.91. The van der Waals surface area contributed by atoms with Crippen LogP contribution in [0.4, 0.5) is 8.78 Å². The van der Waals surface area contributed by atoms with E-state index in [4.69, 9.17) is 11.6 Å². The highest BCUT2D eigenvalue weighted by Gasteiger charge is 2.17. The van der Waals surface area contributed by atoms with Gasteiger partial charge in [0.05, 0.1) is 10.2 Å². The van der Waals surface area contributed by atoms with Gasteiger partial charge < -0.3 is 0 Å². The van der Waals surface area contributed by atoms with E-state index in [-0.39, 0.29) is 10.2 Å². The van der Waals surface area contributed by atoms with E-state index in [0.29, 0.717) is 29.3 Å². The minimum Gasteiger partial charge on any atom is -0.278 e. The van der Waals surface area contributed by atoms with Gasteiger partial charge in [-0.25, -0.2) is 18.7 Å². The molecule has 1 aromatic carbocycles. The van der Waals surface area contributed by atoms with Crippen LogP contribution < -0.4 is 0 Å². The first-order valence-corrected chi connectivity index (χ1v) is 7.48. The molecule has 3 rings (SSSR count). The monoisotopic (exact) mass is 371 g/mol. The summed E-state index contributed by atoms with van der Waals surface area (Å²) in [5.41, 5.74) is 1.33. The van der Waals surface area contributed by atoms with Crippen molar-refractivity contribution in [3.8, 4) is 5.69 Å². The van der Waals surface area contributed by atoms with Crippen LogP contribution in [0.25, 0.3) is 16.9 Å². The Hall–Kier alpha value is -1.53. The fourth-order valence-corrected chi connectivity index (χ4v) is 2.65. The van der Waals surface area contributed by atoms with E-state index in [2.05, 4.69) is 25.9 Å². The number of aryl methyl sites for hydroxylation is 1. The maximum atomic E-state index is 14.2. The molecule has 0 radical (unpaired) electrons. The van der Waals surface area contributed by atoms with Gasteiger partial charge in [-0.05, 0) is 34.1 Å². The predicted molar refractivity (Wildman–Crippen MR) is 80.9 cm³/mol. The minimum absolute atomic E-state index is 0.175. The molecule has 0 aliphatic carbocycles. The van der Waals surface area contributed by atoms with Gasteiger partial charge in [0.1, 0.15) is 23.0 Å². The number of alkyl halides is 1.